The van der Waals surface area contributed by atoms with Gasteiger partial charge in [-0.1, -0.05) is 0 Å². The van der Waals surface area contributed by atoms with Crippen molar-refractivity contribution in [1.29, 1.82) is 5.26 Å². The van der Waals surface area contributed by atoms with E-state index in [1.54, 1.807) is 0 Å². The van der Waals surface area contributed by atoms with Crippen LogP contribution in [0.2, 0.25) is 10.3 Å². The van der Waals surface area contributed by atoms with Crippen molar-refractivity contribution in [1.82, 2.24) is 0 Å². The molecule has 0 aliphatic carbocycles. The summed E-state index contributed by atoms with van der Waals surface area (Å²) < 4.78 is 3.39. The summed E-state index contributed by atoms with van der Waals surface area (Å²) in [5.41, 5.74) is 0. The molecule has 0 aromatic rings. The van der Waals surface area contributed by atoms with Gasteiger partial charge >= 0.3 is 100 Å². The third kappa shape index (κ3) is 2.35. The third-order valence-corrected chi connectivity index (χ3v) is 23.8. The van der Waals surface area contributed by atoms with E-state index in [4.69, 9.17) is 0 Å². The second-order valence-corrected chi connectivity index (χ2v) is 25.4. The molecule has 0 saturated heterocycles. The molecule has 0 N–H and O–H groups in total. The predicted molar refractivity (Wildman–Crippen MR) is 70.5 cm³/mol. The molecular formula is C13H27NSn. The van der Waals surface area contributed by atoms with E-state index in [1.807, 2.05) is 0 Å². The standard InChI is InChI=1S/3C4H9.CN.Sn/c3*1-4(2)3;1-2;/h3*1-3H3;;. The molecule has 0 bridgehead atoms. The Morgan fingerprint density at radius 3 is 0.867 bits per heavy atom. The van der Waals surface area contributed by atoms with Gasteiger partial charge in [-0.2, -0.15) is 0 Å². The van der Waals surface area contributed by atoms with Crippen molar-refractivity contribution in [3.8, 4) is 4.09 Å². The predicted octanol–water partition coefficient (Wildman–Crippen LogP) is 4.90. The molecule has 0 fully saturated rings. The molecule has 0 aromatic heterocycles. The molecule has 0 unspecified atom stereocenters. The van der Waals surface area contributed by atoms with Crippen molar-refractivity contribution in [3.63, 3.8) is 0 Å². The Labute approximate surface area is 100 Å². The van der Waals surface area contributed by atoms with E-state index in [0.717, 1.165) is 0 Å². The van der Waals surface area contributed by atoms with Crippen LogP contribution in [0.25, 0.3) is 0 Å². The van der Waals surface area contributed by atoms with Crippen molar-refractivity contribution in [2.75, 3.05) is 0 Å². The van der Waals surface area contributed by atoms with Gasteiger partial charge in [-0.15, -0.1) is 0 Å². The molecule has 0 radical (unpaired) electrons. The average Bonchev–Trinajstić information content (AvgIpc) is 1.76. The van der Waals surface area contributed by atoms with Crippen LogP contribution in [0.5, 0.6) is 0 Å². The first kappa shape index (κ1) is 15.3. The first-order valence-electron chi connectivity index (χ1n) is 5.72. The van der Waals surface area contributed by atoms with Crippen LogP contribution in [0.15, 0.2) is 0 Å². The van der Waals surface area contributed by atoms with Gasteiger partial charge in [0.2, 0.25) is 0 Å². The molecule has 0 spiro atoms. The third-order valence-electron chi connectivity index (χ3n) is 3.54. The van der Waals surface area contributed by atoms with E-state index in [0.29, 0.717) is 0 Å². The van der Waals surface area contributed by atoms with Gasteiger partial charge in [-0.3, -0.25) is 0 Å². The van der Waals surface area contributed by atoms with Gasteiger partial charge in [0, 0.05) is 0 Å². The SMILES string of the molecule is C[C](C)(C)[Sn]([C]#N)([C](C)(C)C)[C](C)(C)C. The topological polar surface area (TPSA) is 23.8 Å². The first-order chi connectivity index (χ1) is 6.31. The van der Waals surface area contributed by atoms with Crippen LogP contribution in [0.1, 0.15) is 62.3 Å². The number of rotatable bonds is 0. The quantitative estimate of drug-likeness (QED) is 0.583. The summed E-state index contributed by atoms with van der Waals surface area (Å²) in [5.74, 6) is 0. The molecule has 2 heteroatoms. The zero-order chi connectivity index (χ0) is 12.7. The van der Waals surface area contributed by atoms with Gasteiger partial charge in [0.25, 0.3) is 0 Å². The van der Waals surface area contributed by atoms with Crippen molar-refractivity contribution >= 4 is 18.4 Å². The summed E-state index contributed by atoms with van der Waals surface area (Å²) in [6.07, 6.45) is 0. The molecule has 0 atom stereocenters. The number of hydrogen-bond acceptors (Lipinski definition) is 1. The maximum atomic E-state index is 9.83. The van der Waals surface area contributed by atoms with Crippen molar-refractivity contribution < 1.29 is 0 Å². The molecule has 0 saturated carbocycles. The van der Waals surface area contributed by atoms with Crippen molar-refractivity contribution in [2.24, 2.45) is 0 Å². The number of nitriles is 1. The van der Waals surface area contributed by atoms with Crippen LogP contribution in [0.3, 0.4) is 0 Å². The fourth-order valence-corrected chi connectivity index (χ4v) is 26.0. The van der Waals surface area contributed by atoms with Crippen LogP contribution < -0.4 is 0 Å². The monoisotopic (exact) mass is 317 g/mol. The summed E-state index contributed by atoms with van der Waals surface area (Å²) in [5, 5.41) is 9.83. The molecule has 0 amide bonds. The van der Waals surface area contributed by atoms with E-state index in [1.165, 1.54) is 0 Å². The van der Waals surface area contributed by atoms with Crippen molar-refractivity contribution in [2.45, 2.75) is 72.6 Å². The Morgan fingerprint density at radius 2 is 0.867 bits per heavy atom. The Hall–Kier alpha value is 0.289. The Morgan fingerprint density at radius 1 is 0.667 bits per heavy atom. The maximum absolute atomic E-state index is 9.83. The van der Waals surface area contributed by atoms with E-state index in [-0.39, 0.29) is 10.3 Å². The summed E-state index contributed by atoms with van der Waals surface area (Å²) in [4.78, 5) is 0. The Kier molecular flexibility index (Phi) is 4.02. The second-order valence-electron chi connectivity index (χ2n) is 7.61. The molecular weight excluding hydrogens is 289 g/mol. The Bertz CT molecular complexity index is 229. The summed E-state index contributed by atoms with van der Waals surface area (Å²) >= 11 is -2.95. The van der Waals surface area contributed by atoms with E-state index < -0.39 is 18.4 Å². The van der Waals surface area contributed by atoms with Crippen molar-refractivity contribution in [3.05, 3.63) is 0 Å². The molecule has 0 aromatic carbocycles. The van der Waals surface area contributed by atoms with Crippen LogP contribution in [0.4, 0.5) is 0 Å². The van der Waals surface area contributed by atoms with E-state index >= 15 is 0 Å². The second kappa shape index (κ2) is 3.95. The molecule has 0 aliphatic rings. The fourth-order valence-electron chi connectivity index (χ4n) is 3.88. The fraction of sp³-hybridized carbons (Fsp3) is 0.923. The van der Waals surface area contributed by atoms with Gasteiger partial charge in [-0.05, 0) is 0 Å². The van der Waals surface area contributed by atoms with E-state index in [9.17, 15) is 5.26 Å². The zero-order valence-corrected chi connectivity index (χ0v) is 14.8. The number of nitrogens with zero attached hydrogens (tertiary/aromatic N) is 1. The van der Waals surface area contributed by atoms with E-state index in [2.05, 4.69) is 66.4 Å². The normalized spacial score (nSPS) is 14.9. The number of hydrogen-bond donors (Lipinski definition) is 0. The zero-order valence-electron chi connectivity index (χ0n) is 11.9. The minimum atomic E-state index is -2.95. The van der Waals surface area contributed by atoms with Gasteiger partial charge in [-0.25, -0.2) is 0 Å². The molecule has 88 valence electrons. The molecule has 0 rings (SSSR count). The first-order valence-corrected chi connectivity index (χ1v) is 11.4. The van der Waals surface area contributed by atoms with Gasteiger partial charge in [0.1, 0.15) is 0 Å². The average molecular weight is 316 g/mol. The summed E-state index contributed by atoms with van der Waals surface area (Å²) in [6.45, 7) is 20.4. The van der Waals surface area contributed by atoms with Gasteiger partial charge in [0.05, 0.1) is 0 Å². The van der Waals surface area contributed by atoms with Gasteiger partial charge in [0.15, 0.2) is 0 Å². The molecule has 15 heavy (non-hydrogen) atoms. The minimum absolute atomic E-state index is 0.180. The van der Waals surface area contributed by atoms with Crippen LogP contribution in [0, 0.1) is 9.35 Å². The Balaban J connectivity index is 5.93. The van der Waals surface area contributed by atoms with Crippen LogP contribution in [-0.2, 0) is 0 Å². The van der Waals surface area contributed by atoms with Gasteiger partial charge < -0.3 is 0 Å². The molecule has 0 heterocycles. The summed E-state index contributed by atoms with van der Waals surface area (Å²) in [7, 11) is 0. The molecule has 1 nitrogen and oxygen atoms in total. The molecule has 0 aliphatic heterocycles. The van der Waals surface area contributed by atoms with Crippen LogP contribution in [-0.4, -0.2) is 18.4 Å². The van der Waals surface area contributed by atoms with Crippen LogP contribution >= 0.6 is 0 Å². The summed E-state index contributed by atoms with van der Waals surface area (Å²) in [6, 6.07) is 0.